The van der Waals surface area contributed by atoms with Gasteiger partial charge in [-0.1, -0.05) is 30.2 Å². The minimum atomic E-state index is -0.284. The lowest BCUT2D eigenvalue weighted by Crippen LogP contribution is -2.40. The molecule has 1 N–H and O–H groups in total. The van der Waals surface area contributed by atoms with Crippen molar-refractivity contribution in [3.63, 3.8) is 0 Å². The second-order valence-electron chi connectivity index (χ2n) is 8.18. The quantitative estimate of drug-likeness (QED) is 0.712. The molecule has 2 aliphatic rings. The molecule has 2 aromatic rings. The molecule has 170 valence electrons. The maximum Gasteiger partial charge on any atom is 0.254 e. The Bertz CT molecular complexity index is 956. The Morgan fingerprint density at radius 3 is 2.66 bits per heavy atom. The number of hydrogen-bond donors (Lipinski definition) is 1. The van der Waals surface area contributed by atoms with Gasteiger partial charge in [0.2, 0.25) is 5.88 Å². The zero-order chi connectivity index (χ0) is 22.3. The number of rotatable bonds is 6. The summed E-state index contributed by atoms with van der Waals surface area (Å²) in [6.07, 6.45) is 7.19. The van der Waals surface area contributed by atoms with Crippen LogP contribution in [0.4, 0.5) is 0 Å². The molecule has 0 spiro atoms. The molecule has 0 radical (unpaired) electrons. The van der Waals surface area contributed by atoms with Gasteiger partial charge in [-0.05, 0) is 49.4 Å². The van der Waals surface area contributed by atoms with Gasteiger partial charge in [-0.15, -0.1) is 0 Å². The summed E-state index contributed by atoms with van der Waals surface area (Å²) in [5.41, 5.74) is 1.81. The smallest absolute Gasteiger partial charge is 0.254 e. The summed E-state index contributed by atoms with van der Waals surface area (Å²) in [4.78, 5) is 31.3. The predicted octanol–water partition coefficient (Wildman–Crippen LogP) is 3.85. The summed E-state index contributed by atoms with van der Waals surface area (Å²) in [5, 5.41) is 3.20. The topological polar surface area (TPSA) is 80.8 Å². The highest BCUT2D eigenvalue weighted by Gasteiger charge is 2.20. The molecule has 0 unspecified atom stereocenters. The van der Waals surface area contributed by atoms with Crippen LogP contribution < -0.4 is 10.1 Å². The number of benzene rings is 1. The van der Waals surface area contributed by atoms with Crippen LogP contribution in [0.2, 0.25) is 5.02 Å². The Morgan fingerprint density at radius 2 is 1.91 bits per heavy atom. The van der Waals surface area contributed by atoms with Crippen molar-refractivity contribution >= 4 is 23.4 Å². The molecule has 2 fully saturated rings. The summed E-state index contributed by atoms with van der Waals surface area (Å²) >= 11 is 6.32. The van der Waals surface area contributed by atoms with E-state index in [9.17, 15) is 9.59 Å². The van der Waals surface area contributed by atoms with E-state index in [1.165, 1.54) is 12.6 Å². The largest absolute Gasteiger partial charge is 0.473 e. The third-order valence-electron chi connectivity index (χ3n) is 5.83. The molecule has 1 aliphatic heterocycles. The lowest BCUT2D eigenvalue weighted by Gasteiger charge is -2.27. The van der Waals surface area contributed by atoms with Gasteiger partial charge in [0.25, 0.3) is 11.8 Å². The second-order valence-corrected chi connectivity index (χ2v) is 8.58. The summed E-state index contributed by atoms with van der Waals surface area (Å²) < 4.78 is 11.2. The summed E-state index contributed by atoms with van der Waals surface area (Å²) in [6.45, 7) is 2.59. The number of pyridine rings is 1. The normalized spacial score (nSPS) is 17.1. The van der Waals surface area contributed by atoms with E-state index in [1.54, 1.807) is 17.0 Å². The number of hydrogen-bond acceptors (Lipinski definition) is 5. The Balaban J connectivity index is 1.34. The fourth-order valence-corrected chi connectivity index (χ4v) is 4.24. The van der Waals surface area contributed by atoms with E-state index in [2.05, 4.69) is 10.3 Å². The molecule has 8 heteroatoms. The van der Waals surface area contributed by atoms with Gasteiger partial charge in [-0.25, -0.2) is 4.98 Å². The van der Waals surface area contributed by atoms with Crippen LogP contribution in [0.3, 0.4) is 0 Å². The van der Waals surface area contributed by atoms with Crippen LogP contribution in [0, 0.1) is 0 Å². The van der Waals surface area contributed by atoms with Crippen LogP contribution in [-0.4, -0.2) is 54.1 Å². The van der Waals surface area contributed by atoms with Crippen LogP contribution in [0.1, 0.15) is 58.4 Å². The minimum absolute atomic E-state index is 0.0222. The first-order valence-electron chi connectivity index (χ1n) is 11.2. The summed E-state index contributed by atoms with van der Waals surface area (Å²) in [7, 11) is 0. The molecule has 2 amide bonds. The summed E-state index contributed by atoms with van der Waals surface area (Å²) in [5.74, 6) is 0.0731. The molecule has 1 aromatic heterocycles. The van der Waals surface area contributed by atoms with Crippen LogP contribution in [0.25, 0.3) is 0 Å². The van der Waals surface area contributed by atoms with E-state index in [0.717, 1.165) is 31.2 Å². The van der Waals surface area contributed by atoms with E-state index < -0.39 is 0 Å². The number of nitrogens with one attached hydrogen (secondary N) is 1. The van der Waals surface area contributed by atoms with Crippen molar-refractivity contribution in [2.75, 3.05) is 26.3 Å². The number of aromatic nitrogens is 1. The number of carbonyl (C=O) groups excluding carboxylic acids is 2. The van der Waals surface area contributed by atoms with Crippen LogP contribution in [-0.2, 0) is 11.3 Å². The number of morpholine rings is 1. The zero-order valence-corrected chi connectivity index (χ0v) is 18.8. The standard InChI is InChI=1S/C24H28ClN3O4/c25-21-14-19(16-27-23(21)32-20-7-2-1-3-8-20)22(29)26-15-17-5-4-6-18(13-17)24(30)28-9-11-31-12-10-28/h4-6,13-14,16,20H,1-3,7-12,15H2,(H,26,29). The van der Waals surface area contributed by atoms with Gasteiger partial charge in [0, 0.05) is 31.4 Å². The van der Waals surface area contributed by atoms with Gasteiger partial charge in [0.15, 0.2) is 0 Å². The average Bonchev–Trinajstić information content (AvgIpc) is 2.84. The molecule has 1 aromatic carbocycles. The van der Waals surface area contributed by atoms with E-state index >= 15 is 0 Å². The molecular formula is C24H28ClN3O4. The Labute approximate surface area is 193 Å². The van der Waals surface area contributed by atoms with E-state index in [0.29, 0.717) is 54.9 Å². The van der Waals surface area contributed by atoms with E-state index in [-0.39, 0.29) is 17.9 Å². The van der Waals surface area contributed by atoms with Crippen molar-refractivity contribution in [2.45, 2.75) is 44.8 Å². The monoisotopic (exact) mass is 457 g/mol. The maximum absolute atomic E-state index is 12.7. The van der Waals surface area contributed by atoms with Crippen molar-refractivity contribution in [1.29, 1.82) is 0 Å². The lowest BCUT2D eigenvalue weighted by atomic mass is 9.98. The minimum Gasteiger partial charge on any atom is -0.473 e. The molecular weight excluding hydrogens is 430 g/mol. The van der Waals surface area contributed by atoms with Crippen LogP contribution >= 0.6 is 11.6 Å². The maximum atomic E-state index is 12.7. The highest BCUT2D eigenvalue weighted by molar-refractivity contribution is 6.32. The zero-order valence-electron chi connectivity index (χ0n) is 18.0. The Hall–Kier alpha value is -2.64. The number of nitrogens with zero attached hydrogens (tertiary/aromatic N) is 2. The third kappa shape index (κ3) is 5.78. The first-order valence-corrected chi connectivity index (χ1v) is 11.5. The second kappa shape index (κ2) is 10.8. The van der Waals surface area contributed by atoms with Gasteiger partial charge in [0.05, 0.1) is 18.8 Å². The fourth-order valence-electron chi connectivity index (χ4n) is 4.02. The van der Waals surface area contributed by atoms with Gasteiger partial charge in [0.1, 0.15) is 11.1 Å². The first-order chi connectivity index (χ1) is 15.6. The van der Waals surface area contributed by atoms with Crippen LogP contribution in [0.5, 0.6) is 5.88 Å². The molecule has 0 bridgehead atoms. The molecule has 1 aliphatic carbocycles. The molecule has 32 heavy (non-hydrogen) atoms. The van der Waals surface area contributed by atoms with Crippen molar-refractivity contribution in [3.8, 4) is 5.88 Å². The van der Waals surface area contributed by atoms with Crippen molar-refractivity contribution < 1.29 is 19.1 Å². The molecule has 4 rings (SSSR count). The van der Waals surface area contributed by atoms with Crippen molar-refractivity contribution in [3.05, 3.63) is 58.2 Å². The van der Waals surface area contributed by atoms with Gasteiger partial charge in [-0.3, -0.25) is 9.59 Å². The van der Waals surface area contributed by atoms with Gasteiger partial charge in [-0.2, -0.15) is 0 Å². The summed E-state index contributed by atoms with van der Waals surface area (Å²) in [6, 6.07) is 8.89. The number of amides is 2. The van der Waals surface area contributed by atoms with Crippen molar-refractivity contribution in [2.24, 2.45) is 0 Å². The predicted molar refractivity (Wildman–Crippen MR) is 121 cm³/mol. The molecule has 1 saturated carbocycles. The molecule has 1 saturated heterocycles. The first kappa shape index (κ1) is 22.6. The SMILES string of the molecule is O=C(NCc1cccc(C(=O)N2CCOCC2)c1)c1cnc(OC2CCCCC2)c(Cl)c1. The molecule has 7 nitrogen and oxygen atoms in total. The Kier molecular flexibility index (Phi) is 7.60. The Morgan fingerprint density at radius 1 is 1.12 bits per heavy atom. The van der Waals surface area contributed by atoms with Gasteiger partial charge < -0.3 is 19.7 Å². The number of ether oxygens (including phenoxy) is 2. The third-order valence-corrected chi connectivity index (χ3v) is 6.10. The number of halogens is 1. The van der Waals surface area contributed by atoms with Crippen molar-refractivity contribution in [1.82, 2.24) is 15.2 Å². The average molecular weight is 458 g/mol. The highest BCUT2D eigenvalue weighted by Crippen LogP contribution is 2.27. The van der Waals surface area contributed by atoms with Crippen LogP contribution in [0.15, 0.2) is 36.5 Å². The molecule has 0 atom stereocenters. The molecule has 2 heterocycles. The lowest BCUT2D eigenvalue weighted by molar-refractivity contribution is 0.0303. The fraction of sp³-hybridized carbons (Fsp3) is 0.458. The van der Waals surface area contributed by atoms with Gasteiger partial charge >= 0.3 is 0 Å². The van der Waals surface area contributed by atoms with E-state index in [1.807, 2.05) is 18.2 Å². The highest BCUT2D eigenvalue weighted by atomic mass is 35.5. The van der Waals surface area contributed by atoms with E-state index in [4.69, 9.17) is 21.1 Å². The number of carbonyl (C=O) groups is 2.